The second-order valence-electron chi connectivity index (χ2n) is 3.72. The summed E-state index contributed by atoms with van der Waals surface area (Å²) in [4.78, 5) is 0. The van der Waals surface area contributed by atoms with Gasteiger partial charge in [-0.25, -0.2) is 0 Å². The Hall–Kier alpha value is -0.940. The molecule has 5 heteroatoms. The van der Waals surface area contributed by atoms with E-state index in [0.717, 1.165) is 32.4 Å². The highest BCUT2D eigenvalue weighted by Crippen LogP contribution is 2.18. The van der Waals surface area contributed by atoms with Crippen LogP contribution in [0.2, 0.25) is 0 Å². The van der Waals surface area contributed by atoms with Crippen LogP contribution in [-0.2, 0) is 6.54 Å². The van der Waals surface area contributed by atoms with Crippen molar-refractivity contribution in [3.63, 3.8) is 0 Å². The summed E-state index contributed by atoms with van der Waals surface area (Å²) >= 11 is 0. The van der Waals surface area contributed by atoms with Crippen molar-refractivity contribution in [3.8, 4) is 0 Å². The van der Waals surface area contributed by atoms with Gasteiger partial charge in [0.1, 0.15) is 0 Å². The van der Waals surface area contributed by atoms with Crippen LogP contribution in [0.15, 0.2) is 12.4 Å². The van der Waals surface area contributed by atoms with Gasteiger partial charge in [0, 0.05) is 18.8 Å². The summed E-state index contributed by atoms with van der Waals surface area (Å²) in [6, 6.07) is 0.276. The SMILES string of the molecule is OC1CCCC1NCCn1ccnn1. The number of aromatic nitrogens is 3. The number of nitrogens with zero attached hydrogens (tertiary/aromatic N) is 3. The molecule has 0 saturated heterocycles. The molecule has 2 unspecified atom stereocenters. The largest absolute Gasteiger partial charge is 0.392 e. The topological polar surface area (TPSA) is 63.0 Å². The average Bonchev–Trinajstić information content (AvgIpc) is 2.78. The second-order valence-corrected chi connectivity index (χ2v) is 3.72. The van der Waals surface area contributed by atoms with Crippen LogP contribution in [0, 0.1) is 0 Å². The molecule has 0 aromatic carbocycles. The van der Waals surface area contributed by atoms with E-state index in [-0.39, 0.29) is 12.1 Å². The van der Waals surface area contributed by atoms with Crippen LogP contribution < -0.4 is 5.32 Å². The van der Waals surface area contributed by atoms with Crippen molar-refractivity contribution in [2.24, 2.45) is 0 Å². The summed E-state index contributed by atoms with van der Waals surface area (Å²) < 4.78 is 1.79. The Kier molecular flexibility index (Phi) is 3.10. The first-order chi connectivity index (χ1) is 6.86. The lowest BCUT2D eigenvalue weighted by molar-refractivity contribution is 0.148. The summed E-state index contributed by atoms with van der Waals surface area (Å²) in [7, 11) is 0. The molecule has 1 aliphatic carbocycles. The van der Waals surface area contributed by atoms with Crippen molar-refractivity contribution >= 4 is 0 Å². The fourth-order valence-corrected chi connectivity index (χ4v) is 1.90. The van der Waals surface area contributed by atoms with Gasteiger partial charge in [-0.3, -0.25) is 4.68 Å². The van der Waals surface area contributed by atoms with Gasteiger partial charge in [0.05, 0.1) is 18.8 Å². The van der Waals surface area contributed by atoms with Gasteiger partial charge < -0.3 is 10.4 Å². The van der Waals surface area contributed by atoms with Crippen molar-refractivity contribution in [3.05, 3.63) is 12.4 Å². The minimum Gasteiger partial charge on any atom is -0.392 e. The van der Waals surface area contributed by atoms with E-state index in [1.54, 1.807) is 10.9 Å². The molecule has 14 heavy (non-hydrogen) atoms. The Morgan fingerprint density at radius 1 is 1.50 bits per heavy atom. The number of hydrogen-bond donors (Lipinski definition) is 2. The molecule has 0 aliphatic heterocycles. The van der Waals surface area contributed by atoms with Crippen molar-refractivity contribution in [1.82, 2.24) is 20.3 Å². The Balaban J connectivity index is 1.68. The molecule has 1 heterocycles. The molecule has 2 N–H and O–H groups in total. The fraction of sp³-hybridized carbons (Fsp3) is 0.778. The molecule has 5 nitrogen and oxygen atoms in total. The minimum atomic E-state index is -0.161. The lowest BCUT2D eigenvalue weighted by atomic mass is 10.2. The molecule has 0 bridgehead atoms. The third kappa shape index (κ3) is 2.30. The normalized spacial score (nSPS) is 26.9. The summed E-state index contributed by atoms with van der Waals surface area (Å²) in [5, 5.41) is 20.5. The lowest BCUT2D eigenvalue weighted by Crippen LogP contribution is -2.37. The molecule has 1 aromatic rings. The quantitative estimate of drug-likeness (QED) is 0.699. The Labute approximate surface area is 83.1 Å². The maximum absolute atomic E-state index is 9.55. The molecule has 1 aromatic heterocycles. The number of nitrogens with one attached hydrogen (secondary N) is 1. The summed E-state index contributed by atoms with van der Waals surface area (Å²) in [6.45, 7) is 1.65. The van der Waals surface area contributed by atoms with Crippen LogP contribution in [0.1, 0.15) is 19.3 Å². The zero-order valence-corrected chi connectivity index (χ0v) is 8.13. The van der Waals surface area contributed by atoms with Gasteiger partial charge >= 0.3 is 0 Å². The Morgan fingerprint density at radius 3 is 3.07 bits per heavy atom. The van der Waals surface area contributed by atoms with E-state index in [9.17, 15) is 5.11 Å². The third-order valence-corrected chi connectivity index (χ3v) is 2.70. The Bertz CT molecular complexity index is 262. The number of hydrogen-bond acceptors (Lipinski definition) is 4. The summed E-state index contributed by atoms with van der Waals surface area (Å²) in [5.74, 6) is 0. The van der Waals surface area contributed by atoms with Crippen LogP contribution >= 0.6 is 0 Å². The van der Waals surface area contributed by atoms with E-state index >= 15 is 0 Å². The molecule has 0 radical (unpaired) electrons. The van der Waals surface area contributed by atoms with E-state index in [2.05, 4.69) is 15.6 Å². The maximum atomic E-state index is 9.55. The van der Waals surface area contributed by atoms with Crippen LogP contribution in [0.5, 0.6) is 0 Å². The number of rotatable bonds is 4. The van der Waals surface area contributed by atoms with Crippen LogP contribution in [0.3, 0.4) is 0 Å². The molecule has 2 rings (SSSR count). The van der Waals surface area contributed by atoms with Crippen molar-refractivity contribution < 1.29 is 5.11 Å². The van der Waals surface area contributed by atoms with Gasteiger partial charge in [0.2, 0.25) is 0 Å². The molecular formula is C9H16N4O. The average molecular weight is 196 g/mol. The Morgan fingerprint density at radius 2 is 2.43 bits per heavy atom. The molecule has 78 valence electrons. The van der Waals surface area contributed by atoms with Gasteiger partial charge in [-0.15, -0.1) is 5.10 Å². The molecule has 1 aliphatic rings. The van der Waals surface area contributed by atoms with Gasteiger partial charge in [0.15, 0.2) is 0 Å². The molecule has 1 saturated carbocycles. The second kappa shape index (κ2) is 4.52. The van der Waals surface area contributed by atoms with Crippen LogP contribution in [0.25, 0.3) is 0 Å². The van der Waals surface area contributed by atoms with E-state index in [0.29, 0.717) is 0 Å². The molecule has 0 spiro atoms. The van der Waals surface area contributed by atoms with Crippen molar-refractivity contribution in [2.75, 3.05) is 6.54 Å². The predicted octanol–water partition coefficient (Wildman–Crippen LogP) is -0.219. The summed E-state index contributed by atoms with van der Waals surface area (Å²) in [6.07, 6.45) is 6.49. The summed E-state index contributed by atoms with van der Waals surface area (Å²) in [5.41, 5.74) is 0. The van der Waals surface area contributed by atoms with Crippen molar-refractivity contribution in [2.45, 2.75) is 38.0 Å². The zero-order valence-electron chi connectivity index (χ0n) is 8.13. The molecule has 2 atom stereocenters. The highest BCUT2D eigenvalue weighted by Gasteiger charge is 2.23. The first-order valence-corrected chi connectivity index (χ1v) is 5.12. The third-order valence-electron chi connectivity index (χ3n) is 2.70. The fourth-order valence-electron chi connectivity index (χ4n) is 1.90. The number of aliphatic hydroxyl groups is 1. The first kappa shape index (κ1) is 9.61. The monoisotopic (exact) mass is 196 g/mol. The van der Waals surface area contributed by atoms with E-state index in [1.165, 1.54) is 0 Å². The van der Waals surface area contributed by atoms with E-state index in [1.807, 2.05) is 6.20 Å². The highest BCUT2D eigenvalue weighted by atomic mass is 16.3. The standard InChI is InChI=1S/C9H16N4O/c14-9-3-1-2-8(9)10-4-6-13-7-5-11-12-13/h5,7-10,14H,1-4,6H2. The molecule has 0 amide bonds. The van der Waals surface area contributed by atoms with E-state index < -0.39 is 0 Å². The van der Waals surface area contributed by atoms with Crippen LogP contribution in [-0.4, -0.2) is 38.8 Å². The van der Waals surface area contributed by atoms with Gasteiger partial charge in [-0.2, -0.15) is 0 Å². The van der Waals surface area contributed by atoms with Gasteiger partial charge in [0.25, 0.3) is 0 Å². The zero-order chi connectivity index (χ0) is 9.80. The lowest BCUT2D eigenvalue weighted by Gasteiger charge is -2.15. The molecular weight excluding hydrogens is 180 g/mol. The maximum Gasteiger partial charge on any atom is 0.0693 e. The van der Waals surface area contributed by atoms with Crippen molar-refractivity contribution in [1.29, 1.82) is 0 Å². The van der Waals surface area contributed by atoms with Gasteiger partial charge in [-0.1, -0.05) is 5.21 Å². The van der Waals surface area contributed by atoms with Crippen LogP contribution in [0.4, 0.5) is 0 Å². The molecule has 1 fully saturated rings. The minimum absolute atomic E-state index is 0.161. The number of aliphatic hydroxyl groups excluding tert-OH is 1. The van der Waals surface area contributed by atoms with E-state index in [4.69, 9.17) is 0 Å². The first-order valence-electron chi connectivity index (χ1n) is 5.12. The van der Waals surface area contributed by atoms with Gasteiger partial charge in [-0.05, 0) is 19.3 Å². The predicted molar refractivity (Wildman–Crippen MR) is 51.7 cm³/mol. The highest BCUT2D eigenvalue weighted by molar-refractivity contribution is 4.82. The smallest absolute Gasteiger partial charge is 0.0693 e.